The van der Waals surface area contributed by atoms with Crippen molar-refractivity contribution in [2.24, 2.45) is 5.14 Å². The molecule has 0 atom stereocenters. The topological polar surface area (TPSA) is 89.3 Å². The molecule has 2 rings (SSSR count). The molecule has 2 aromatic carbocycles. The fraction of sp³-hybridized carbons (Fsp3) is 0.235. The Morgan fingerprint density at radius 2 is 1.69 bits per heavy atom. The number of carbonyl (C=O) groups excluding carboxylic acids is 1. The Balaban J connectivity index is 1.69. The molecule has 1 amide bonds. The van der Waals surface area contributed by atoms with Gasteiger partial charge >= 0.3 is 0 Å². The summed E-state index contributed by atoms with van der Waals surface area (Å²) < 4.78 is 22.4. The molecule has 0 aliphatic carbocycles. The molecule has 0 aliphatic rings. The second-order valence-corrected chi connectivity index (χ2v) is 8.89. The molecule has 3 N–H and O–H groups in total. The average molecular weight is 433 g/mol. The summed E-state index contributed by atoms with van der Waals surface area (Å²) in [6, 6.07) is 11.7. The fourth-order valence-electron chi connectivity index (χ4n) is 2.13. The zero-order valence-corrected chi connectivity index (χ0v) is 16.9. The number of halogens is 2. The number of nitrogens with two attached hydrogens (primary N) is 1. The van der Waals surface area contributed by atoms with Crippen molar-refractivity contribution in [2.75, 3.05) is 12.3 Å². The number of hydrogen-bond donors (Lipinski definition) is 2. The first-order chi connectivity index (χ1) is 12.3. The average Bonchev–Trinajstić information content (AvgIpc) is 2.58. The van der Waals surface area contributed by atoms with Gasteiger partial charge in [-0.2, -0.15) is 0 Å². The SMILES string of the molecule is NS(=O)(=O)c1ccc(CCNC(=O)CSCc2ccc(Cl)c(Cl)c2)cc1. The van der Waals surface area contributed by atoms with E-state index in [-0.39, 0.29) is 10.8 Å². The molecule has 0 heterocycles. The van der Waals surface area contributed by atoms with Crippen LogP contribution in [0.5, 0.6) is 0 Å². The van der Waals surface area contributed by atoms with Crippen molar-refractivity contribution in [1.82, 2.24) is 5.32 Å². The van der Waals surface area contributed by atoms with Crippen molar-refractivity contribution in [2.45, 2.75) is 17.1 Å². The van der Waals surface area contributed by atoms with Crippen molar-refractivity contribution in [3.05, 3.63) is 63.6 Å². The van der Waals surface area contributed by atoms with Crippen LogP contribution in [-0.2, 0) is 27.0 Å². The number of hydrogen-bond acceptors (Lipinski definition) is 4. The van der Waals surface area contributed by atoms with Gasteiger partial charge in [-0.05, 0) is 41.8 Å². The maximum absolute atomic E-state index is 11.9. The molecule has 0 spiro atoms. The molecule has 0 saturated heterocycles. The highest BCUT2D eigenvalue weighted by Crippen LogP contribution is 2.24. The van der Waals surface area contributed by atoms with Crippen LogP contribution >= 0.6 is 35.0 Å². The molecule has 2 aromatic rings. The van der Waals surface area contributed by atoms with Gasteiger partial charge in [-0.1, -0.05) is 41.4 Å². The van der Waals surface area contributed by atoms with Crippen LogP contribution in [0.4, 0.5) is 0 Å². The smallest absolute Gasteiger partial charge is 0.238 e. The summed E-state index contributed by atoms with van der Waals surface area (Å²) >= 11 is 13.3. The fourth-order valence-corrected chi connectivity index (χ4v) is 3.77. The maximum Gasteiger partial charge on any atom is 0.238 e. The minimum absolute atomic E-state index is 0.0591. The summed E-state index contributed by atoms with van der Waals surface area (Å²) in [6.45, 7) is 0.473. The summed E-state index contributed by atoms with van der Waals surface area (Å²) in [4.78, 5) is 11.9. The number of sulfonamides is 1. The first-order valence-electron chi connectivity index (χ1n) is 7.66. The zero-order chi connectivity index (χ0) is 19.2. The van der Waals surface area contributed by atoms with Gasteiger partial charge in [0.15, 0.2) is 0 Å². The van der Waals surface area contributed by atoms with E-state index in [9.17, 15) is 13.2 Å². The van der Waals surface area contributed by atoms with E-state index in [4.69, 9.17) is 28.3 Å². The third-order valence-corrected chi connectivity index (χ3v) is 6.15. The van der Waals surface area contributed by atoms with Gasteiger partial charge in [-0.25, -0.2) is 13.6 Å². The standard InChI is InChI=1S/C17H18Cl2N2O3S2/c18-15-6-3-13(9-16(15)19)10-25-11-17(22)21-8-7-12-1-4-14(5-2-12)26(20,23)24/h1-6,9H,7-8,10-11H2,(H,21,22)(H2,20,23,24). The lowest BCUT2D eigenvalue weighted by atomic mass is 10.1. The predicted octanol–water partition coefficient (Wildman–Crippen LogP) is 3.23. The molecule has 0 fully saturated rings. The zero-order valence-electron chi connectivity index (χ0n) is 13.7. The van der Waals surface area contributed by atoms with Gasteiger partial charge in [0, 0.05) is 12.3 Å². The highest BCUT2D eigenvalue weighted by atomic mass is 35.5. The van der Waals surface area contributed by atoms with Gasteiger partial charge in [-0.3, -0.25) is 4.79 Å². The van der Waals surface area contributed by atoms with E-state index < -0.39 is 10.0 Å². The van der Waals surface area contributed by atoms with Crippen molar-refractivity contribution >= 4 is 50.9 Å². The third kappa shape index (κ3) is 6.81. The third-order valence-electron chi connectivity index (χ3n) is 3.47. The second-order valence-electron chi connectivity index (χ2n) is 5.53. The van der Waals surface area contributed by atoms with E-state index in [0.29, 0.717) is 34.5 Å². The number of primary sulfonamides is 1. The van der Waals surface area contributed by atoms with E-state index in [2.05, 4.69) is 5.32 Å². The van der Waals surface area contributed by atoms with E-state index in [1.165, 1.54) is 23.9 Å². The Kier molecular flexibility index (Phi) is 7.79. The Bertz CT molecular complexity index is 872. The van der Waals surface area contributed by atoms with E-state index in [1.54, 1.807) is 24.3 Å². The number of rotatable bonds is 8. The summed E-state index contributed by atoms with van der Waals surface area (Å²) in [6.07, 6.45) is 0.605. The summed E-state index contributed by atoms with van der Waals surface area (Å²) in [5, 5.41) is 8.89. The minimum atomic E-state index is -3.68. The Hall–Kier alpha value is -1.25. The molecule has 140 valence electrons. The number of carbonyl (C=O) groups is 1. The molecule has 0 aliphatic heterocycles. The second kappa shape index (κ2) is 9.62. The maximum atomic E-state index is 11.9. The van der Waals surface area contributed by atoms with E-state index >= 15 is 0 Å². The number of nitrogens with one attached hydrogen (secondary N) is 1. The number of amides is 1. The van der Waals surface area contributed by atoms with Gasteiger partial charge in [0.1, 0.15) is 0 Å². The van der Waals surface area contributed by atoms with Crippen molar-refractivity contribution in [3.63, 3.8) is 0 Å². The van der Waals surface area contributed by atoms with Crippen LogP contribution in [0.15, 0.2) is 47.4 Å². The Morgan fingerprint density at radius 1 is 1.04 bits per heavy atom. The minimum Gasteiger partial charge on any atom is -0.355 e. The largest absolute Gasteiger partial charge is 0.355 e. The molecule has 0 bridgehead atoms. The molecular formula is C17H18Cl2N2O3S2. The van der Waals surface area contributed by atoms with Crippen LogP contribution in [-0.4, -0.2) is 26.6 Å². The molecule has 26 heavy (non-hydrogen) atoms. The molecule has 0 saturated carbocycles. The van der Waals surface area contributed by atoms with Gasteiger partial charge in [-0.15, -0.1) is 11.8 Å². The molecule has 0 unspecified atom stereocenters. The highest BCUT2D eigenvalue weighted by molar-refractivity contribution is 7.99. The normalized spacial score (nSPS) is 11.3. The molecule has 5 nitrogen and oxygen atoms in total. The quantitative estimate of drug-likeness (QED) is 0.669. The molecule has 0 aromatic heterocycles. The van der Waals surface area contributed by atoms with Crippen LogP contribution in [0.2, 0.25) is 10.0 Å². The van der Waals surface area contributed by atoms with Gasteiger partial charge in [0.2, 0.25) is 15.9 Å². The van der Waals surface area contributed by atoms with Crippen LogP contribution in [0.1, 0.15) is 11.1 Å². The van der Waals surface area contributed by atoms with Crippen LogP contribution in [0, 0.1) is 0 Å². The van der Waals surface area contributed by atoms with Gasteiger partial charge in [0.05, 0.1) is 20.7 Å². The van der Waals surface area contributed by atoms with Crippen LogP contribution in [0.3, 0.4) is 0 Å². The van der Waals surface area contributed by atoms with Crippen LogP contribution < -0.4 is 10.5 Å². The lowest BCUT2D eigenvalue weighted by Crippen LogP contribution is -2.27. The lowest BCUT2D eigenvalue weighted by molar-refractivity contribution is -0.118. The first kappa shape index (κ1) is 21.1. The van der Waals surface area contributed by atoms with Gasteiger partial charge < -0.3 is 5.32 Å². The van der Waals surface area contributed by atoms with Crippen molar-refractivity contribution < 1.29 is 13.2 Å². The summed E-state index contributed by atoms with van der Waals surface area (Å²) in [7, 11) is -3.68. The van der Waals surface area contributed by atoms with Crippen molar-refractivity contribution in [3.8, 4) is 0 Å². The lowest BCUT2D eigenvalue weighted by Gasteiger charge is -2.07. The Morgan fingerprint density at radius 3 is 2.31 bits per heavy atom. The first-order valence-corrected chi connectivity index (χ1v) is 11.1. The van der Waals surface area contributed by atoms with E-state index in [0.717, 1.165) is 11.1 Å². The summed E-state index contributed by atoms with van der Waals surface area (Å²) in [5.74, 6) is 0.945. The van der Waals surface area contributed by atoms with Gasteiger partial charge in [0.25, 0.3) is 0 Å². The molecule has 9 heteroatoms. The summed E-state index contributed by atoms with van der Waals surface area (Å²) in [5.41, 5.74) is 1.92. The monoisotopic (exact) mass is 432 g/mol. The van der Waals surface area contributed by atoms with E-state index in [1.807, 2.05) is 6.07 Å². The molecule has 0 radical (unpaired) electrons. The Labute approximate surface area is 167 Å². The van der Waals surface area contributed by atoms with Crippen LogP contribution in [0.25, 0.3) is 0 Å². The number of thioether (sulfide) groups is 1. The van der Waals surface area contributed by atoms with Crippen molar-refractivity contribution in [1.29, 1.82) is 0 Å². The molecular weight excluding hydrogens is 415 g/mol. The predicted molar refractivity (Wildman–Crippen MR) is 107 cm³/mol. The number of benzene rings is 2. The highest BCUT2D eigenvalue weighted by Gasteiger charge is 2.07.